The molecule has 2 aliphatic heterocycles. The topological polar surface area (TPSA) is 48.0 Å². The van der Waals surface area contributed by atoms with Crippen LogP contribution in [0.2, 0.25) is 0 Å². The van der Waals surface area contributed by atoms with Gasteiger partial charge >= 0.3 is 0 Å². The molecule has 142 valence electrons. The Morgan fingerprint density at radius 1 is 0.963 bits per heavy atom. The van der Waals surface area contributed by atoms with Gasteiger partial charge in [0.05, 0.1) is 12.5 Å². The Morgan fingerprint density at radius 3 is 2.56 bits per heavy atom. The normalized spacial score (nSPS) is 18.3. The van der Waals surface area contributed by atoms with E-state index in [1.54, 1.807) is 0 Å². The van der Waals surface area contributed by atoms with E-state index in [4.69, 9.17) is 14.2 Å². The van der Waals surface area contributed by atoms with Gasteiger partial charge in [-0.25, -0.2) is 0 Å². The second kappa shape index (κ2) is 8.44. The Bertz CT molecular complexity index is 771. The van der Waals surface area contributed by atoms with Crippen LogP contribution in [0.15, 0.2) is 48.5 Å². The van der Waals surface area contributed by atoms with Gasteiger partial charge in [0, 0.05) is 19.7 Å². The molecule has 5 nitrogen and oxygen atoms in total. The quantitative estimate of drug-likeness (QED) is 0.787. The van der Waals surface area contributed by atoms with Crippen molar-refractivity contribution in [3.05, 3.63) is 59.7 Å². The van der Waals surface area contributed by atoms with Crippen molar-refractivity contribution in [3.8, 4) is 11.5 Å². The summed E-state index contributed by atoms with van der Waals surface area (Å²) >= 11 is 0. The smallest absolute Gasteiger partial charge is 0.228 e. The summed E-state index contributed by atoms with van der Waals surface area (Å²) in [5.74, 6) is 1.69. The molecule has 0 aromatic heterocycles. The van der Waals surface area contributed by atoms with E-state index in [1.807, 2.05) is 41.3 Å². The molecule has 2 aliphatic rings. The maximum absolute atomic E-state index is 13.0. The lowest BCUT2D eigenvalue weighted by atomic mass is 10.1. The van der Waals surface area contributed by atoms with Crippen LogP contribution in [0.1, 0.15) is 17.5 Å². The van der Waals surface area contributed by atoms with Crippen LogP contribution in [0.25, 0.3) is 0 Å². The molecule has 27 heavy (non-hydrogen) atoms. The van der Waals surface area contributed by atoms with Crippen molar-refractivity contribution < 1.29 is 19.0 Å². The Labute approximate surface area is 159 Å². The zero-order valence-corrected chi connectivity index (χ0v) is 15.4. The lowest BCUT2D eigenvalue weighted by molar-refractivity contribution is -0.136. The molecular formula is C22H25NO4. The molecule has 2 aromatic rings. The molecule has 1 unspecified atom stereocenters. The predicted octanol–water partition coefficient (Wildman–Crippen LogP) is 3.07. The van der Waals surface area contributed by atoms with Crippen molar-refractivity contribution in [3.63, 3.8) is 0 Å². The van der Waals surface area contributed by atoms with E-state index in [1.165, 1.54) is 5.56 Å². The lowest BCUT2D eigenvalue weighted by Crippen LogP contribution is -2.37. The van der Waals surface area contributed by atoms with Gasteiger partial charge in [0.2, 0.25) is 5.91 Å². The molecule has 0 spiro atoms. The third-order valence-corrected chi connectivity index (χ3v) is 5.08. The van der Waals surface area contributed by atoms with E-state index in [0.717, 1.165) is 29.9 Å². The first-order valence-corrected chi connectivity index (χ1v) is 9.58. The van der Waals surface area contributed by atoms with E-state index >= 15 is 0 Å². The number of benzene rings is 2. The van der Waals surface area contributed by atoms with Crippen molar-refractivity contribution in [1.29, 1.82) is 0 Å². The van der Waals surface area contributed by atoms with Crippen molar-refractivity contribution in [1.82, 2.24) is 4.90 Å². The standard InChI is InChI=1S/C22H25NO4/c24-22(19-9-11-25-16-19)23(10-8-17-4-2-1-3-5-17)15-18-6-7-20-21(14-18)27-13-12-26-20/h1-7,14,19H,8-13,15-16H2. The Morgan fingerprint density at radius 2 is 1.78 bits per heavy atom. The third-order valence-electron chi connectivity index (χ3n) is 5.08. The van der Waals surface area contributed by atoms with Gasteiger partial charge in [-0.05, 0) is 36.1 Å². The fourth-order valence-corrected chi connectivity index (χ4v) is 3.57. The van der Waals surface area contributed by atoms with Gasteiger partial charge < -0.3 is 19.1 Å². The molecule has 2 heterocycles. The highest BCUT2D eigenvalue weighted by Gasteiger charge is 2.28. The van der Waals surface area contributed by atoms with Gasteiger partial charge in [-0.15, -0.1) is 0 Å². The summed E-state index contributed by atoms with van der Waals surface area (Å²) in [6.07, 6.45) is 1.65. The van der Waals surface area contributed by atoms with Crippen LogP contribution in [0.3, 0.4) is 0 Å². The maximum Gasteiger partial charge on any atom is 0.228 e. The minimum Gasteiger partial charge on any atom is -0.486 e. The van der Waals surface area contributed by atoms with Gasteiger partial charge in [0.15, 0.2) is 11.5 Å². The van der Waals surface area contributed by atoms with Crippen molar-refractivity contribution in [2.45, 2.75) is 19.4 Å². The van der Waals surface area contributed by atoms with Crippen LogP contribution < -0.4 is 9.47 Å². The van der Waals surface area contributed by atoms with Crippen molar-refractivity contribution >= 4 is 5.91 Å². The molecule has 0 aliphatic carbocycles. The number of fused-ring (bicyclic) bond motifs is 1. The number of nitrogens with zero attached hydrogens (tertiary/aromatic N) is 1. The van der Waals surface area contributed by atoms with E-state index in [-0.39, 0.29) is 11.8 Å². The molecular weight excluding hydrogens is 342 g/mol. The predicted molar refractivity (Wildman–Crippen MR) is 102 cm³/mol. The largest absolute Gasteiger partial charge is 0.486 e. The molecule has 0 saturated carbocycles. The van der Waals surface area contributed by atoms with Crippen molar-refractivity contribution in [2.75, 3.05) is 33.0 Å². The summed E-state index contributed by atoms with van der Waals surface area (Å²) in [6.45, 7) is 3.60. The van der Waals surface area contributed by atoms with Crippen LogP contribution in [0, 0.1) is 5.92 Å². The molecule has 0 radical (unpaired) electrons. The van der Waals surface area contributed by atoms with E-state index in [2.05, 4.69) is 12.1 Å². The number of rotatable bonds is 6. The van der Waals surface area contributed by atoms with Crippen LogP contribution in [0.4, 0.5) is 0 Å². The number of hydrogen-bond acceptors (Lipinski definition) is 4. The number of hydrogen-bond donors (Lipinski definition) is 0. The van der Waals surface area contributed by atoms with Gasteiger partial charge in [-0.2, -0.15) is 0 Å². The minimum atomic E-state index is -0.0296. The lowest BCUT2D eigenvalue weighted by Gasteiger charge is -2.26. The molecule has 1 fully saturated rings. The van der Waals surface area contributed by atoms with Gasteiger partial charge in [0.1, 0.15) is 13.2 Å². The summed E-state index contributed by atoms with van der Waals surface area (Å²) in [7, 11) is 0. The molecule has 4 rings (SSSR count). The molecule has 0 bridgehead atoms. The molecule has 0 N–H and O–H groups in total. The number of carbonyl (C=O) groups is 1. The Kier molecular flexibility index (Phi) is 5.58. The summed E-state index contributed by atoms with van der Waals surface area (Å²) in [5.41, 5.74) is 2.29. The van der Waals surface area contributed by atoms with E-state index < -0.39 is 0 Å². The summed E-state index contributed by atoms with van der Waals surface area (Å²) < 4.78 is 16.7. The molecule has 1 atom stereocenters. The number of ether oxygens (including phenoxy) is 3. The second-order valence-electron chi connectivity index (χ2n) is 7.03. The SMILES string of the molecule is O=C(C1CCOC1)N(CCc1ccccc1)Cc1ccc2c(c1)OCCO2. The molecule has 1 amide bonds. The summed E-state index contributed by atoms with van der Waals surface area (Å²) in [4.78, 5) is 15.0. The zero-order chi connectivity index (χ0) is 18.5. The second-order valence-corrected chi connectivity index (χ2v) is 7.03. The highest BCUT2D eigenvalue weighted by atomic mass is 16.6. The number of amides is 1. The van der Waals surface area contributed by atoms with Gasteiger partial charge in [-0.3, -0.25) is 4.79 Å². The summed E-state index contributed by atoms with van der Waals surface area (Å²) in [5, 5.41) is 0. The first kappa shape index (κ1) is 17.9. The highest BCUT2D eigenvalue weighted by molar-refractivity contribution is 5.79. The fraction of sp³-hybridized carbons (Fsp3) is 0.409. The first-order chi connectivity index (χ1) is 13.3. The maximum atomic E-state index is 13.0. The van der Waals surface area contributed by atoms with Crippen molar-refractivity contribution in [2.24, 2.45) is 5.92 Å². The van der Waals surface area contributed by atoms with Crippen LogP contribution in [-0.2, 0) is 22.5 Å². The fourth-order valence-electron chi connectivity index (χ4n) is 3.57. The first-order valence-electron chi connectivity index (χ1n) is 9.58. The molecule has 1 saturated heterocycles. The zero-order valence-electron chi connectivity index (χ0n) is 15.4. The number of carbonyl (C=O) groups excluding carboxylic acids is 1. The monoisotopic (exact) mass is 367 g/mol. The summed E-state index contributed by atoms with van der Waals surface area (Å²) in [6, 6.07) is 16.2. The minimum absolute atomic E-state index is 0.0296. The van der Waals surface area contributed by atoms with Crippen LogP contribution >= 0.6 is 0 Å². The highest BCUT2D eigenvalue weighted by Crippen LogP contribution is 2.31. The van der Waals surface area contributed by atoms with E-state index in [0.29, 0.717) is 39.5 Å². The third kappa shape index (κ3) is 4.42. The van der Waals surface area contributed by atoms with Gasteiger partial charge in [-0.1, -0.05) is 36.4 Å². The molecule has 5 heteroatoms. The van der Waals surface area contributed by atoms with Gasteiger partial charge in [0.25, 0.3) is 0 Å². The Balaban J connectivity index is 1.49. The molecule has 2 aromatic carbocycles. The Hall–Kier alpha value is -2.53. The average Bonchev–Trinajstić information content (AvgIpc) is 3.26. The van der Waals surface area contributed by atoms with Crippen LogP contribution in [-0.4, -0.2) is 43.8 Å². The van der Waals surface area contributed by atoms with E-state index in [9.17, 15) is 4.79 Å². The van der Waals surface area contributed by atoms with Crippen LogP contribution in [0.5, 0.6) is 11.5 Å². The average molecular weight is 367 g/mol.